The van der Waals surface area contributed by atoms with Crippen molar-refractivity contribution in [3.05, 3.63) is 52.0 Å². The van der Waals surface area contributed by atoms with E-state index in [1.165, 1.54) is 5.56 Å². The van der Waals surface area contributed by atoms with Gasteiger partial charge >= 0.3 is 0 Å². The summed E-state index contributed by atoms with van der Waals surface area (Å²) in [4.78, 5) is 2.05. The first-order chi connectivity index (χ1) is 8.06. The van der Waals surface area contributed by atoms with Gasteiger partial charge in [-0.1, -0.05) is 52.7 Å². The Morgan fingerprint density at radius 2 is 1.59 bits per heavy atom. The average Bonchev–Trinajstić information content (AvgIpc) is 2.29. The summed E-state index contributed by atoms with van der Waals surface area (Å²) in [5.74, 6) is 0. The van der Waals surface area contributed by atoms with Gasteiger partial charge in [0.1, 0.15) is 0 Å². The monoisotopic (exact) mass is 283 g/mol. The molecule has 2 aromatic carbocycles. The van der Waals surface area contributed by atoms with Crippen LogP contribution in [-0.4, -0.2) is 0 Å². The Hall–Kier alpha value is -0.830. The Bertz CT molecular complexity index is 538. The molecule has 0 atom stereocenters. The molecule has 0 aliphatic rings. The fourth-order valence-corrected chi connectivity index (χ4v) is 2.65. The molecule has 0 saturated heterocycles. The zero-order valence-electron chi connectivity index (χ0n) is 9.21. The number of hydrogen-bond donors (Lipinski definition) is 1. The van der Waals surface area contributed by atoms with Crippen molar-refractivity contribution in [2.45, 2.75) is 16.7 Å². The molecule has 1 nitrogen and oxygen atoms in total. The zero-order valence-corrected chi connectivity index (χ0v) is 11.5. The van der Waals surface area contributed by atoms with Gasteiger partial charge in [-0.2, -0.15) is 0 Å². The van der Waals surface area contributed by atoms with Crippen LogP contribution < -0.4 is 5.73 Å². The molecule has 0 radical (unpaired) electrons. The minimum atomic E-state index is 0.484. The molecule has 0 spiro atoms. The van der Waals surface area contributed by atoms with Gasteiger partial charge in [0.2, 0.25) is 0 Å². The second kappa shape index (κ2) is 5.21. The molecule has 2 aromatic rings. The molecule has 0 aliphatic heterocycles. The molecule has 0 fully saturated rings. The van der Waals surface area contributed by atoms with E-state index in [0.29, 0.717) is 15.7 Å². The highest BCUT2D eigenvalue weighted by molar-refractivity contribution is 7.99. The largest absolute Gasteiger partial charge is 0.398 e. The number of anilines is 1. The summed E-state index contributed by atoms with van der Waals surface area (Å²) >= 11 is 13.4. The van der Waals surface area contributed by atoms with Crippen LogP contribution in [0.2, 0.25) is 10.0 Å². The summed E-state index contributed by atoms with van der Waals surface area (Å²) in [5.41, 5.74) is 7.78. The van der Waals surface area contributed by atoms with Gasteiger partial charge in [0, 0.05) is 15.5 Å². The maximum atomic E-state index is 5.98. The third-order valence-corrected chi connectivity index (χ3v) is 4.10. The van der Waals surface area contributed by atoms with Crippen LogP contribution in [0.25, 0.3) is 0 Å². The molecule has 2 N–H and O–H groups in total. The Morgan fingerprint density at radius 1 is 1.00 bits per heavy atom. The van der Waals surface area contributed by atoms with Crippen LogP contribution in [0.1, 0.15) is 5.56 Å². The second-order valence-electron chi connectivity index (χ2n) is 3.72. The lowest BCUT2D eigenvalue weighted by atomic mass is 10.2. The van der Waals surface area contributed by atoms with E-state index < -0.39 is 0 Å². The molecule has 17 heavy (non-hydrogen) atoms. The van der Waals surface area contributed by atoms with E-state index in [1.807, 2.05) is 0 Å². The van der Waals surface area contributed by atoms with Crippen molar-refractivity contribution in [1.82, 2.24) is 0 Å². The van der Waals surface area contributed by atoms with E-state index in [4.69, 9.17) is 28.9 Å². The van der Waals surface area contributed by atoms with Crippen LogP contribution in [0.4, 0.5) is 5.69 Å². The number of benzene rings is 2. The third kappa shape index (κ3) is 3.09. The van der Waals surface area contributed by atoms with Gasteiger partial charge in [0.25, 0.3) is 0 Å². The van der Waals surface area contributed by atoms with Crippen molar-refractivity contribution in [1.29, 1.82) is 0 Å². The van der Waals surface area contributed by atoms with Crippen LogP contribution in [0.5, 0.6) is 0 Å². The van der Waals surface area contributed by atoms with E-state index in [1.54, 1.807) is 23.9 Å². The fourth-order valence-electron chi connectivity index (χ4n) is 1.37. The van der Waals surface area contributed by atoms with Crippen LogP contribution in [0.15, 0.2) is 46.2 Å². The molecule has 88 valence electrons. The molecule has 0 heterocycles. The molecule has 0 amide bonds. The molecule has 0 saturated carbocycles. The number of aryl methyl sites for hydroxylation is 1. The molecule has 4 heteroatoms. The Kier molecular flexibility index (Phi) is 3.87. The van der Waals surface area contributed by atoms with Crippen molar-refractivity contribution in [3.8, 4) is 0 Å². The summed E-state index contributed by atoms with van der Waals surface area (Å²) in [6, 6.07) is 11.7. The lowest BCUT2D eigenvalue weighted by Crippen LogP contribution is -1.89. The summed E-state index contributed by atoms with van der Waals surface area (Å²) < 4.78 is 0. The number of halogens is 2. The highest BCUT2D eigenvalue weighted by atomic mass is 35.5. The molecule has 0 unspecified atom stereocenters. The molecule has 2 rings (SSSR count). The van der Waals surface area contributed by atoms with Crippen molar-refractivity contribution < 1.29 is 0 Å². The quantitative estimate of drug-likeness (QED) is 0.782. The number of rotatable bonds is 2. The Morgan fingerprint density at radius 3 is 2.24 bits per heavy atom. The van der Waals surface area contributed by atoms with E-state index >= 15 is 0 Å². The lowest BCUT2D eigenvalue weighted by Gasteiger charge is -2.07. The normalized spacial score (nSPS) is 10.5. The van der Waals surface area contributed by atoms with Gasteiger partial charge in [0.15, 0.2) is 0 Å². The van der Waals surface area contributed by atoms with Gasteiger partial charge < -0.3 is 5.73 Å². The van der Waals surface area contributed by atoms with Crippen LogP contribution in [-0.2, 0) is 0 Å². The maximum Gasteiger partial charge on any atom is 0.0613 e. The predicted octanol–water partition coefficient (Wildman–Crippen LogP) is 5.04. The highest BCUT2D eigenvalue weighted by Crippen LogP contribution is 2.37. The Labute approximate surface area is 115 Å². The van der Waals surface area contributed by atoms with Gasteiger partial charge in [-0.25, -0.2) is 0 Å². The summed E-state index contributed by atoms with van der Waals surface area (Å²) in [6.07, 6.45) is 0. The highest BCUT2D eigenvalue weighted by Gasteiger charge is 2.06. The Balaban J connectivity index is 2.30. The molecule has 0 aliphatic carbocycles. The van der Waals surface area contributed by atoms with Crippen LogP contribution in [0, 0.1) is 6.92 Å². The van der Waals surface area contributed by atoms with E-state index in [2.05, 4.69) is 31.2 Å². The second-order valence-corrected chi connectivity index (χ2v) is 5.65. The van der Waals surface area contributed by atoms with Gasteiger partial charge in [-0.3, -0.25) is 0 Å². The lowest BCUT2D eigenvalue weighted by molar-refractivity contribution is 1.36. The minimum Gasteiger partial charge on any atom is -0.398 e. The predicted molar refractivity (Wildman–Crippen MR) is 76.2 cm³/mol. The number of hydrogen-bond acceptors (Lipinski definition) is 2. The minimum absolute atomic E-state index is 0.484. The third-order valence-electron chi connectivity index (χ3n) is 2.30. The maximum absolute atomic E-state index is 5.98. The van der Waals surface area contributed by atoms with E-state index in [0.717, 1.165) is 9.79 Å². The first kappa shape index (κ1) is 12.6. The average molecular weight is 284 g/mol. The number of nitrogen functional groups attached to an aromatic ring is 1. The van der Waals surface area contributed by atoms with Crippen molar-refractivity contribution in [3.63, 3.8) is 0 Å². The number of nitrogens with two attached hydrogens (primary N) is 1. The standard InChI is InChI=1S/C13H11Cl2NS/c1-8-2-4-9(5-3-8)17-13-7-11(15)10(14)6-12(13)16/h2-7H,16H2,1H3. The fraction of sp³-hybridized carbons (Fsp3) is 0.0769. The van der Waals surface area contributed by atoms with E-state index in [9.17, 15) is 0 Å². The van der Waals surface area contributed by atoms with E-state index in [-0.39, 0.29) is 0 Å². The molecule has 0 aromatic heterocycles. The van der Waals surface area contributed by atoms with Crippen molar-refractivity contribution in [2.24, 2.45) is 0 Å². The topological polar surface area (TPSA) is 26.0 Å². The molecular formula is C13H11Cl2NS. The summed E-state index contributed by atoms with van der Waals surface area (Å²) in [7, 11) is 0. The smallest absolute Gasteiger partial charge is 0.0613 e. The van der Waals surface area contributed by atoms with Gasteiger partial charge in [-0.05, 0) is 31.2 Å². The summed E-state index contributed by atoms with van der Waals surface area (Å²) in [6.45, 7) is 2.06. The molecule has 0 bridgehead atoms. The van der Waals surface area contributed by atoms with Gasteiger partial charge in [0.05, 0.1) is 10.0 Å². The van der Waals surface area contributed by atoms with Crippen molar-refractivity contribution in [2.75, 3.05) is 5.73 Å². The first-order valence-corrected chi connectivity index (χ1v) is 6.62. The van der Waals surface area contributed by atoms with Gasteiger partial charge in [-0.15, -0.1) is 0 Å². The van der Waals surface area contributed by atoms with Crippen LogP contribution >= 0.6 is 35.0 Å². The molecular weight excluding hydrogens is 273 g/mol. The first-order valence-electron chi connectivity index (χ1n) is 5.05. The SMILES string of the molecule is Cc1ccc(Sc2cc(Cl)c(Cl)cc2N)cc1. The van der Waals surface area contributed by atoms with Crippen LogP contribution in [0.3, 0.4) is 0 Å². The summed E-state index contributed by atoms with van der Waals surface area (Å²) in [5, 5.41) is 1.01. The van der Waals surface area contributed by atoms with Crippen molar-refractivity contribution >= 4 is 40.7 Å². The zero-order chi connectivity index (χ0) is 12.4.